The minimum atomic E-state index is -0.508. The van der Waals surface area contributed by atoms with Gasteiger partial charge in [0.1, 0.15) is 5.15 Å². The van der Waals surface area contributed by atoms with Crippen LogP contribution in [0.2, 0.25) is 5.15 Å². The van der Waals surface area contributed by atoms with Crippen molar-refractivity contribution >= 4 is 11.6 Å². The van der Waals surface area contributed by atoms with E-state index in [-0.39, 0.29) is 10.7 Å². The van der Waals surface area contributed by atoms with Crippen LogP contribution in [0.1, 0.15) is 6.42 Å². The number of H-pyrrole nitrogens is 1. The Kier molecular flexibility index (Phi) is 5.48. The second-order valence-corrected chi connectivity index (χ2v) is 4.88. The van der Waals surface area contributed by atoms with Gasteiger partial charge in [-0.15, -0.1) is 0 Å². The SMILES string of the molecule is COC(CCn1cc(-c2cccnc2Cl)c(=O)[nH]c1=O)OC. The van der Waals surface area contributed by atoms with Crippen LogP contribution in [0.25, 0.3) is 11.1 Å². The lowest BCUT2D eigenvalue weighted by molar-refractivity contribution is -0.108. The average molecular weight is 326 g/mol. The Morgan fingerprint density at radius 3 is 2.68 bits per heavy atom. The molecule has 7 nitrogen and oxygen atoms in total. The Morgan fingerprint density at radius 1 is 1.32 bits per heavy atom. The quantitative estimate of drug-likeness (QED) is 0.638. The molecule has 0 aliphatic rings. The molecule has 2 aromatic heterocycles. The minimum absolute atomic E-state index is 0.199. The van der Waals surface area contributed by atoms with Crippen LogP contribution < -0.4 is 11.2 Å². The number of aromatic amines is 1. The third kappa shape index (κ3) is 3.62. The normalized spacial score (nSPS) is 11.1. The van der Waals surface area contributed by atoms with E-state index in [1.54, 1.807) is 12.1 Å². The van der Waals surface area contributed by atoms with E-state index in [4.69, 9.17) is 21.1 Å². The van der Waals surface area contributed by atoms with Gasteiger partial charge in [-0.25, -0.2) is 9.78 Å². The summed E-state index contributed by atoms with van der Waals surface area (Å²) in [6.07, 6.45) is 3.02. The monoisotopic (exact) mass is 325 g/mol. The molecule has 0 radical (unpaired) electrons. The lowest BCUT2D eigenvalue weighted by Gasteiger charge is -2.14. The zero-order valence-electron chi connectivity index (χ0n) is 12.2. The Labute approximate surface area is 131 Å². The molecule has 0 aromatic carbocycles. The molecular formula is C14H16ClN3O4. The molecule has 118 valence electrons. The molecule has 0 unspecified atom stereocenters. The van der Waals surface area contributed by atoms with Gasteiger partial charge in [-0.2, -0.15) is 0 Å². The van der Waals surface area contributed by atoms with E-state index < -0.39 is 17.5 Å². The van der Waals surface area contributed by atoms with Crippen molar-refractivity contribution in [1.82, 2.24) is 14.5 Å². The van der Waals surface area contributed by atoms with Gasteiger partial charge in [-0.05, 0) is 12.1 Å². The minimum Gasteiger partial charge on any atom is -0.356 e. The van der Waals surface area contributed by atoms with Crippen LogP contribution in [-0.2, 0) is 16.0 Å². The summed E-state index contributed by atoms with van der Waals surface area (Å²) in [6, 6.07) is 3.34. The molecule has 0 aliphatic carbocycles. The molecule has 0 saturated heterocycles. The number of rotatable bonds is 6. The molecule has 2 aromatic rings. The van der Waals surface area contributed by atoms with E-state index in [0.717, 1.165) is 0 Å². The largest absolute Gasteiger partial charge is 0.356 e. The molecule has 8 heteroatoms. The van der Waals surface area contributed by atoms with Crippen molar-refractivity contribution in [3.63, 3.8) is 0 Å². The second kappa shape index (κ2) is 7.35. The number of hydrogen-bond acceptors (Lipinski definition) is 5. The van der Waals surface area contributed by atoms with Crippen molar-refractivity contribution in [2.75, 3.05) is 14.2 Å². The van der Waals surface area contributed by atoms with E-state index in [1.807, 2.05) is 0 Å². The number of aromatic nitrogens is 3. The summed E-state index contributed by atoms with van der Waals surface area (Å²) in [5.74, 6) is 0. The number of aryl methyl sites for hydroxylation is 1. The fourth-order valence-electron chi connectivity index (χ4n) is 2.03. The zero-order valence-corrected chi connectivity index (χ0v) is 13.0. The summed E-state index contributed by atoms with van der Waals surface area (Å²) in [5, 5.41) is 0.199. The first-order valence-electron chi connectivity index (χ1n) is 6.57. The predicted octanol–water partition coefficient (Wildman–Crippen LogP) is 1.26. The first-order chi connectivity index (χ1) is 10.6. The molecule has 0 amide bonds. The van der Waals surface area contributed by atoms with Crippen LogP contribution in [0.3, 0.4) is 0 Å². The highest BCUT2D eigenvalue weighted by atomic mass is 35.5. The van der Waals surface area contributed by atoms with Gasteiger partial charge in [0.25, 0.3) is 5.56 Å². The van der Waals surface area contributed by atoms with Crippen LogP contribution in [0, 0.1) is 0 Å². The molecule has 0 fully saturated rings. The Bertz CT molecular complexity index is 752. The standard InChI is InChI=1S/C14H16ClN3O4/c1-21-11(22-2)5-7-18-8-10(13(19)17-14(18)20)9-4-3-6-16-12(9)15/h3-4,6,8,11H,5,7H2,1-2H3,(H,17,19,20). The molecule has 0 saturated carbocycles. The number of nitrogens with zero attached hydrogens (tertiary/aromatic N) is 2. The highest BCUT2D eigenvalue weighted by Gasteiger charge is 2.12. The lowest BCUT2D eigenvalue weighted by atomic mass is 10.1. The van der Waals surface area contributed by atoms with E-state index >= 15 is 0 Å². The van der Waals surface area contributed by atoms with Crippen LogP contribution in [-0.4, -0.2) is 35.0 Å². The highest BCUT2D eigenvalue weighted by Crippen LogP contribution is 2.21. The maximum atomic E-state index is 12.0. The Balaban J connectivity index is 2.38. The summed E-state index contributed by atoms with van der Waals surface area (Å²) in [4.78, 5) is 30.1. The van der Waals surface area contributed by atoms with Gasteiger partial charge in [0.15, 0.2) is 6.29 Å². The van der Waals surface area contributed by atoms with Gasteiger partial charge in [0, 0.05) is 45.1 Å². The number of halogens is 1. The number of hydrogen-bond donors (Lipinski definition) is 1. The second-order valence-electron chi connectivity index (χ2n) is 4.53. The van der Waals surface area contributed by atoms with E-state index in [0.29, 0.717) is 18.5 Å². The van der Waals surface area contributed by atoms with E-state index in [1.165, 1.54) is 31.2 Å². The van der Waals surface area contributed by atoms with Crippen molar-refractivity contribution in [3.05, 3.63) is 50.5 Å². The maximum Gasteiger partial charge on any atom is 0.328 e. The Morgan fingerprint density at radius 2 is 2.05 bits per heavy atom. The molecule has 1 N–H and O–H groups in total. The fraction of sp³-hybridized carbons (Fsp3) is 0.357. The van der Waals surface area contributed by atoms with Crippen molar-refractivity contribution in [3.8, 4) is 11.1 Å². The highest BCUT2D eigenvalue weighted by molar-refractivity contribution is 6.32. The van der Waals surface area contributed by atoms with Crippen molar-refractivity contribution < 1.29 is 9.47 Å². The fourth-order valence-corrected chi connectivity index (χ4v) is 2.25. The predicted molar refractivity (Wildman–Crippen MR) is 82.0 cm³/mol. The first kappa shape index (κ1) is 16.4. The van der Waals surface area contributed by atoms with Crippen LogP contribution >= 0.6 is 11.6 Å². The molecule has 2 rings (SSSR count). The number of ether oxygens (including phenoxy) is 2. The van der Waals surface area contributed by atoms with Gasteiger partial charge >= 0.3 is 5.69 Å². The van der Waals surface area contributed by atoms with Crippen LogP contribution in [0.5, 0.6) is 0 Å². The number of nitrogens with one attached hydrogen (secondary N) is 1. The van der Waals surface area contributed by atoms with Crippen molar-refractivity contribution in [2.24, 2.45) is 0 Å². The van der Waals surface area contributed by atoms with Crippen LogP contribution in [0.15, 0.2) is 34.1 Å². The van der Waals surface area contributed by atoms with Gasteiger partial charge in [0.2, 0.25) is 0 Å². The smallest absolute Gasteiger partial charge is 0.328 e. The molecule has 0 bridgehead atoms. The molecular weight excluding hydrogens is 310 g/mol. The third-order valence-electron chi connectivity index (χ3n) is 3.19. The molecule has 0 aliphatic heterocycles. The van der Waals surface area contributed by atoms with E-state index in [9.17, 15) is 9.59 Å². The van der Waals surface area contributed by atoms with Crippen molar-refractivity contribution in [2.45, 2.75) is 19.3 Å². The topological polar surface area (TPSA) is 86.2 Å². The summed E-state index contributed by atoms with van der Waals surface area (Å²) >= 11 is 6.00. The van der Waals surface area contributed by atoms with Gasteiger partial charge < -0.3 is 9.47 Å². The van der Waals surface area contributed by atoms with Crippen LogP contribution in [0.4, 0.5) is 0 Å². The van der Waals surface area contributed by atoms with Crippen molar-refractivity contribution in [1.29, 1.82) is 0 Å². The summed E-state index contributed by atoms with van der Waals surface area (Å²) < 4.78 is 11.5. The Hall–Kier alpha value is -1.96. The van der Waals surface area contributed by atoms with E-state index in [2.05, 4.69) is 9.97 Å². The average Bonchev–Trinajstić information content (AvgIpc) is 2.51. The van der Waals surface area contributed by atoms with Gasteiger partial charge in [-0.3, -0.25) is 14.3 Å². The molecule has 22 heavy (non-hydrogen) atoms. The summed E-state index contributed by atoms with van der Waals surface area (Å²) in [7, 11) is 3.04. The summed E-state index contributed by atoms with van der Waals surface area (Å²) in [5.41, 5.74) is -0.260. The molecule has 0 spiro atoms. The molecule has 0 atom stereocenters. The zero-order chi connectivity index (χ0) is 16.1. The summed E-state index contributed by atoms with van der Waals surface area (Å²) in [6.45, 7) is 0.326. The number of pyridine rings is 1. The molecule has 2 heterocycles. The first-order valence-corrected chi connectivity index (χ1v) is 6.95. The maximum absolute atomic E-state index is 12.0. The third-order valence-corrected chi connectivity index (χ3v) is 3.49. The van der Waals surface area contributed by atoms with Gasteiger partial charge in [-0.1, -0.05) is 11.6 Å². The van der Waals surface area contributed by atoms with Gasteiger partial charge in [0.05, 0.1) is 5.56 Å². The number of methoxy groups -OCH3 is 2. The lowest BCUT2D eigenvalue weighted by Crippen LogP contribution is -2.31.